The van der Waals surface area contributed by atoms with Crippen LogP contribution in [0.4, 0.5) is 5.13 Å². The largest absolute Gasteiger partial charge is 0.357 e. The molecule has 0 aliphatic carbocycles. The highest BCUT2D eigenvalue weighted by atomic mass is 35.5. The van der Waals surface area contributed by atoms with Gasteiger partial charge in [0, 0.05) is 46.8 Å². The Morgan fingerprint density at radius 2 is 2.00 bits per heavy atom. The summed E-state index contributed by atoms with van der Waals surface area (Å²) in [6.45, 7) is 0.737. The van der Waals surface area contributed by atoms with Crippen LogP contribution in [-0.4, -0.2) is 15.0 Å². The molecule has 120 valence electrons. The first-order valence-corrected chi connectivity index (χ1v) is 8.81. The minimum absolute atomic E-state index is 0.737. The van der Waals surface area contributed by atoms with Crippen molar-refractivity contribution < 1.29 is 0 Å². The molecule has 4 nitrogen and oxygen atoms in total. The van der Waals surface area contributed by atoms with Gasteiger partial charge in [0.1, 0.15) is 5.65 Å². The molecule has 6 heteroatoms. The van der Waals surface area contributed by atoms with E-state index in [9.17, 15) is 0 Å². The summed E-state index contributed by atoms with van der Waals surface area (Å²) in [6.07, 6.45) is 6.61. The zero-order valence-electron chi connectivity index (χ0n) is 12.8. The minimum Gasteiger partial charge on any atom is -0.357 e. The van der Waals surface area contributed by atoms with Crippen LogP contribution in [0.15, 0.2) is 55.0 Å². The van der Waals surface area contributed by atoms with E-state index in [2.05, 4.69) is 26.3 Å². The van der Waals surface area contributed by atoms with Crippen LogP contribution in [-0.2, 0) is 13.0 Å². The van der Waals surface area contributed by atoms with Gasteiger partial charge < -0.3 is 10.3 Å². The first-order valence-electron chi connectivity index (χ1n) is 7.62. The molecular weight excluding hydrogens is 340 g/mol. The summed E-state index contributed by atoms with van der Waals surface area (Å²) in [7, 11) is 0. The summed E-state index contributed by atoms with van der Waals surface area (Å²) in [5, 5.41) is 6.21. The summed E-state index contributed by atoms with van der Waals surface area (Å²) >= 11 is 7.58. The number of nitrogens with one attached hydrogen (secondary N) is 2. The Morgan fingerprint density at radius 1 is 1.12 bits per heavy atom. The number of anilines is 1. The van der Waals surface area contributed by atoms with Gasteiger partial charge in [-0.25, -0.2) is 9.97 Å². The Labute approximate surface area is 148 Å². The van der Waals surface area contributed by atoms with Gasteiger partial charge in [0.15, 0.2) is 5.13 Å². The summed E-state index contributed by atoms with van der Waals surface area (Å²) < 4.78 is 0. The van der Waals surface area contributed by atoms with Gasteiger partial charge in [0.25, 0.3) is 0 Å². The number of hydrogen-bond donors (Lipinski definition) is 2. The predicted octanol–water partition coefficient (Wildman–Crippen LogP) is 4.88. The molecule has 0 unspecified atom stereocenters. The van der Waals surface area contributed by atoms with Gasteiger partial charge in [0.05, 0.1) is 0 Å². The molecule has 1 aromatic carbocycles. The summed E-state index contributed by atoms with van der Waals surface area (Å²) in [5.74, 6) is 0. The van der Waals surface area contributed by atoms with Crippen LogP contribution in [0, 0.1) is 0 Å². The predicted molar refractivity (Wildman–Crippen MR) is 99.8 cm³/mol. The first kappa shape index (κ1) is 15.2. The number of thiazole rings is 1. The third-order valence-corrected chi connectivity index (χ3v) is 5.02. The van der Waals surface area contributed by atoms with E-state index in [0.717, 1.165) is 28.8 Å². The second-order valence-corrected chi connectivity index (χ2v) is 7.05. The van der Waals surface area contributed by atoms with E-state index in [1.54, 1.807) is 17.5 Å². The van der Waals surface area contributed by atoms with Gasteiger partial charge in [-0.05, 0) is 35.4 Å². The number of hydrogen-bond acceptors (Lipinski definition) is 4. The number of benzene rings is 1. The Bertz CT molecular complexity index is 958. The van der Waals surface area contributed by atoms with Crippen molar-refractivity contribution in [2.24, 2.45) is 0 Å². The van der Waals surface area contributed by atoms with Crippen LogP contribution in [0.25, 0.3) is 11.0 Å². The highest BCUT2D eigenvalue weighted by molar-refractivity contribution is 7.15. The quantitative estimate of drug-likeness (QED) is 0.537. The van der Waals surface area contributed by atoms with Gasteiger partial charge in [-0.1, -0.05) is 23.7 Å². The van der Waals surface area contributed by atoms with E-state index < -0.39 is 0 Å². The van der Waals surface area contributed by atoms with Crippen LogP contribution in [0.5, 0.6) is 0 Å². The summed E-state index contributed by atoms with van der Waals surface area (Å²) in [4.78, 5) is 13.2. The molecule has 0 aliphatic heterocycles. The molecule has 0 atom stereocenters. The number of fused-ring (bicyclic) bond motifs is 1. The van der Waals surface area contributed by atoms with Gasteiger partial charge in [0.2, 0.25) is 0 Å². The zero-order valence-corrected chi connectivity index (χ0v) is 14.4. The average molecular weight is 355 g/mol. The maximum atomic E-state index is 5.90. The van der Waals surface area contributed by atoms with Gasteiger partial charge >= 0.3 is 0 Å². The van der Waals surface area contributed by atoms with Crippen LogP contribution in [0.3, 0.4) is 0 Å². The van der Waals surface area contributed by atoms with Crippen molar-refractivity contribution in [3.05, 3.63) is 76.0 Å². The number of rotatable bonds is 5. The standard InChI is InChI=1S/C18H15ClN4S/c19-14-5-3-12(4-6-14)9-22-18-23-11-15(24-18)8-13-10-21-17-16(13)2-1-7-20-17/h1-7,10-11H,8-9H2,(H,20,21)(H,22,23). The van der Waals surface area contributed by atoms with Gasteiger partial charge in [-0.15, -0.1) is 11.3 Å². The first-order chi connectivity index (χ1) is 11.8. The number of aromatic nitrogens is 3. The van der Waals surface area contributed by atoms with Gasteiger partial charge in [-0.3, -0.25) is 0 Å². The molecule has 0 bridgehead atoms. The number of H-pyrrole nitrogens is 1. The van der Waals surface area contributed by atoms with Crippen LogP contribution in [0.2, 0.25) is 5.02 Å². The molecule has 0 amide bonds. The lowest BCUT2D eigenvalue weighted by molar-refractivity contribution is 1.13. The van der Waals surface area contributed by atoms with Crippen molar-refractivity contribution in [2.45, 2.75) is 13.0 Å². The fourth-order valence-corrected chi connectivity index (χ4v) is 3.55. The van der Waals surface area contributed by atoms with Crippen molar-refractivity contribution in [3.63, 3.8) is 0 Å². The Hall–Kier alpha value is -2.37. The van der Waals surface area contributed by atoms with E-state index in [1.807, 2.05) is 42.7 Å². The molecule has 0 aliphatic rings. The second kappa shape index (κ2) is 6.63. The molecule has 24 heavy (non-hydrogen) atoms. The van der Waals surface area contributed by atoms with Crippen LogP contribution < -0.4 is 5.32 Å². The fraction of sp³-hybridized carbons (Fsp3) is 0.111. The SMILES string of the molecule is Clc1ccc(CNc2ncc(Cc3c[nH]c4ncccc34)s2)cc1. The monoisotopic (exact) mass is 354 g/mol. The fourth-order valence-electron chi connectivity index (χ4n) is 2.60. The topological polar surface area (TPSA) is 53.6 Å². The van der Waals surface area contributed by atoms with E-state index in [1.165, 1.54) is 21.4 Å². The molecule has 0 saturated carbocycles. The molecule has 0 spiro atoms. The van der Waals surface area contributed by atoms with E-state index in [4.69, 9.17) is 11.6 Å². The number of halogens is 1. The Morgan fingerprint density at radius 3 is 2.88 bits per heavy atom. The molecule has 3 heterocycles. The summed E-state index contributed by atoms with van der Waals surface area (Å²) in [5.41, 5.74) is 3.35. The number of aromatic amines is 1. The lowest BCUT2D eigenvalue weighted by Crippen LogP contribution is -1.98. The molecule has 4 aromatic rings. The molecule has 0 saturated heterocycles. The molecule has 0 fully saturated rings. The van der Waals surface area contributed by atoms with Crippen molar-refractivity contribution in [2.75, 3.05) is 5.32 Å². The van der Waals surface area contributed by atoms with Crippen molar-refractivity contribution in [3.8, 4) is 0 Å². The third-order valence-electron chi connectivity index (χ3n) is 3.81. The maximum Gasteiger partial charge on any atom is 0.183 e. The highest BCUT2D eigenvalue weighted by Gasteiger charge is 2.08. The van der Waals surface area contributed by atoms with Crippen LogP contribution >= 0.6 is 22.9 Å². The lowest BCUT2D eigenvalue weighted by atomic mass is 10.1. The van der Waals surface area contributed by atoms with E-state index in [-0.39, 0.29) is 0 Å². The molecule has 2 N–H and O–H groups in total. The molecule has 3 aromatic heterocycles. The maximum absolute atomic E-state index is 5.90. The van der Waals surface area contributed by atoms with Crippen molar-refractivity contribution >= 4 is 39.1 Å². The van der Waals surface area contributed by atoms with Crippen LogP contribution in [0.1, 0.15) is 16.0 Å². The zero-order chi connectivity index (χ0) is 16.4. The Kier molecular flexibility index (Phi) is 4.19. The van der Waals surface area contributed by atoms with E-state index in [0.29, 0.717) is 0 Å². The average Bonchev–Trinajstić information content (AvgIpc) is 3.22. The summed E-state index contributed by atoms with van der Waals surface area (Å²) in [6, 6.07) is 11.9. The minimum atomic E-state index is 0.737. The highest BCUT2D eigenvalue weighted by Crippen LogP contribution is 2.25. The molecule has 0 radical (unpaired) electrons. The molecule has 4 rings (SSSR count). The second-order valence-electron chi connectivity index (χ2n) is 5.50. The lowest BCUT2D eigenvalue weighted by Gasteiger charge is -2.02. The van der Waals surface area contributed by atoms with E-state index >= 15 is 0 Å². The normalized spacial score (nSPS) is 11.0. The molecular formula is C18H15ClN4S. The van der Waals surface area contributed by atoms with Crippen molar-refractivity contribution in [1.29, 1.82) is 0 Å². The number of pyridine rings is 1. The van der Waals surface area contributed by atoms with Gasteiger partial charge in [-0.2, -0.15) is 0 Å². The number of nitrogens with zero attached hydrogens (tertiary/aromatic N) is 2. The third kappa shape index (κ3) is 3.27. The smallest absolute Gasteiger partial charge is 0.183 e. The Balaban J connectivity index is 1.44. The van der Waals surface area contributed by atoms with Crippen molar-refractivity contribution in [1.82, 2.24) is 15.0 Å².